The average molecular weight is 397 g/mol. The molecule has 1 aromatic rings. The van der Waals surface area contributed by atoms with Crippen molar-refractivity contribution in [1.82, 2.24) is 0 Å². The van der Waals surface area contributed by atoms with Gasteiger partial charge in [0.2, 0.25) is 0 Å². The summed E-state index contributed by atoms with van der Waals surface area (Å²) in [4.78, 5) is 0. The fourth-order valence-electron chi connectivity index (χ4n) is 4.73. The molecule has 0 heterocycles. The van der Waals surface area contributed by atoms with Gasteiger partial charge in [-0.3, -0.25) is 0 Å². The van der Waals surface area contributed by atoms with Gasteiger partial charge in [-0.05, 0) is 71.4 Å². The maximum absolute atomic E-state index is 7.00. The van der Waals surface area contributed by atoms with Crippen molar-refractivity contribution >= 4 is 22.6 Å². The van der Waals surface area contributed by atoms with Gasteiger partial charge in [-0.2, -0.15) is 0 Å². The van der Waals surface area contributed by atoms with Crippen LogP contribution in [0.2, 0.25) is 0 Å². The summed E-state index contributed by atoms with van der Waals surface area (Å²) in [6, 6.07) is 9.00. The lowest BCUT2D eigenvalue weighted by Crippen LogP contribution is -2.53. The van der Waals surface area contributed by atoms with Gasteiger partial charge in [0.25, 0.3) is 0 Å². The van der Waals surface area contributed by atoms with E-state index in [-0.39, 0.29) is 5.54 Å². The summed E-state index contributed by atoms with van der Waals surface area (Å²) in [6.07, 6.45) is 13.5. The first-order valence-corrected chi connectivity index (χ1v) is 9.79. The maximum Gasteiger partial charge on any atom is 0.0226 e. The zero-order chi connectivity index (χ0) is 14.7. The van der Waals surface area contributed by atoms with Crippen LogP contribution in [-0.4, -0.2) is 5.54 Å². The Balaban J connectivity index is 1.75. The molecule has 0 saturated heterocycles. The predicted molar refractivity (Wildman–Crippen MR) is 98.3 cm³/mol. The van der Waals surface area contributed by atoms with Crippen LogP contribution in [0.25, 0.3) is 0 Å². The van der Waals surface area contributed by atoms with E-state index in [0.29, 0.717) is 0 Å². The molecular formula is C19H28IN. The van der Waals surface area contributed by atoms with Crippen LogP contribution in [-0.2, 0) is 6.42 Å². The minimum Gasteiger partial charge on any atom is -0.325 e. The first kappa shape index (κ1) is 15.8. The van der Waals surface area contributed by atoms with Crippen molar-refractivity contribution in [1.29, 1.82) is 0 Å². The molecule has 2 heteroatoms. The van der Waals surface area contributed by atoms with Crippen LogP contribution < -0.4 is 5.73 Å². The number of halogens is 1. The summed E-state index contributed by atoms with van der Waals surface area (Å²) in [5, 5.41) is 0. The lowest BCUT2D eigenvalue weighted by Gasteiger charge is -2.46. The summed E-state index contributed by atoms with van der Waals surface area (Å²) in [5.74, 6) is 1.65. The highest BCUT2D eigenvalue weighted by Gasteiger charge is 2.41. The molecule has 2 unspecified atom stereocenters. The van der Waals surface area contributed by atoms with Crippen molar-refractivity contribution < 1.29 is 0 Å². The lowest BCUT2D eigenvalue weighted by atomic mass is 9.62. The number of nitrogens with two attached hydrogens (primary N) is 1. The second-order valence-electron chi connectivity index (χ2n) is 7.29. The molecule has 0 radical (unpaired) electrons. The van der Waals surface area contributed by atoms with E-state index < -0.39 is 0 Å². The Morgan fingerprint density at radius 1 is 0.952 bits per heavy atom. The highest BCUT2D eigenvalue weighted by Crippen LogP contribution is 2.44. The minimum atomic E-state index is 0.0487. The molecule has 0 amide bonds. The van der Waals surface area contributed by atoms with Gasteiger partial charge in [-0.15, -0.1) is 0 Å². The van der Waals surface area contributed by atoms with E-state index in [1.165, 1.54) is 66.9 Å². The zero-order valence-electron chi connectivity index (χ0n) is 13.0. The van der Waals surface area contributed by atoms with Gasteiger partial charge in [0.05, 0.1) is 0 Å². The van der Waals surface area contributed by atoms with E-state index in [9.17, 15) is 0 Å². The minimum absolute atomic E-state index is 0.0487. The summed E-state index contributed by atoms with van der Waals surface area (Å²) in [5.41, 5.74) is 8.48. The van der Waals surface area contributed by atoms with E-state index >= 15 is 0 Å². The third kappa shape index (κ3) is 3.82. The van der Waals surface area contributed by atoms with Crippen LogP contribution >= 0.6 is 22.6 Å². The molecule has 116 valence electrons. The second kappa shape index (κ2) is 6.99. The van der Waals surface area contributed by atoms with Gasteiger partial charge < -0.3 is 5.73 Å². The second-order valence-corrected chi connectivity index (χ2v) is 8.53. The summed E-state index contributed by atoms with van der Waals surface area (Å²) in [6.45, 7) is 0. The number of benzene rings is 1. The van der Waals surface area contributed by atoms with Gasteiger partial charge in [-0.25, -0.2) is 0 Å². The van der Waals surface area contributed by atoms with E-state index in [1.54, 1.807) is 0 Å². The van der Waals surface area contributed by atoms with Crippen LogP contribution in [0.15, 0.2) is 24.3 Å². The van der Waals surface area contributed by atoms with Crippen LogP contribution in [0.5, 0.6) is 0 Å². The molecule has 2 N–H and O–H groups in total. The fraction of sp³-hybridized carbons (Fsp3) is 0.684. The lowest BCUT2D eigenvalue weighted by molar-refractivity contribution is 0.0995. The van der Waals surface area contributed by atoms with Crippen molar-refractivity contribution in [2.24, 2.45) is 17.6 Å². The molecule has 0 aromatic heterocycles. The van der Waals surface area contributed by atoms with Crippen molar-refractivity contribution in [3.63, 3.8) is 0 Å². The Bertz CT molecular complexity index is 449. The molecular weight excluding hydrogens is 369 g/mol. The molecule has 2 fully saturated rings. The van der Waals surface area contributed by atoms with Crippen LogP contribution in [0, 0.1) is 15.4 Å². The number of hydrogen-bond donors (Lipinski definition) is 1. The summed E-state index contributed by atoms with van der Waals surface area (Å²) >= 11 is 2.38. The first-order valence-electron chi connectivity index (χ1n) is 8.71. The Labute approximate surface area is 143 Å². The quantitative estimate of drug-likeness (QED) is 0.688. The summed E-state index contributed by atoms with van der Waals surface area (Å²) < 4.78 is 1.31. The molecule has 2 aliphatic carbocycles. The Kier molecular flexibility index (Phi) is 5.26. The van der Waals surface area contributed by atoms with E-state index in [2.05, 4.69) is 46.9 Å². The van der Waals surface area contributed by atoms with Crippen LogP contribution in [0.3, 0.4) is 0 Å². The van der Waals surface area contributed by atoms with E-state index in [1.807, 2.05) is 0 Å². The normalized spacial score (nSPS) is 31.2. The molecule has 3 rings (SSSR count). The molecule has 0 spiro atoms. The van der Waals surface area contributed by atoms with Gasteiger partial charge in [0, 0.05) is 9.11 Å². The largest absolute Gasteiger partial charge is 0.325 e. The van der Waals surface area contributed by atoms with Crippen LogP contribution in [0.1, 0.15) is 63.4 Å². The van der Waals surface area contributed by atoms with Gasteiger partial charge in [0.15, 0.2) is 0 Å². The molecule has 0 aliphatic heterocycles. The first-order chi connectivity index (χ1) is 10.2. The summed E-state index contributed by atoms with van der Waals surface area (Å²) in [7, 11) is 0. The van der Waals surface area contributed by atoms with Gasteiger partial charge >= 0.3 is 0 Å². The average Bonchev–Trinajstić information content (AvgIpc) is 2.51. The Morgan fingerprint density at radius 3 is 2.33 bits per heavy atom. The SMILES string of the molecule is NC1(Cc2ccc(I)cc2)CCCCC1C1CCCCC1. The zero-order valence-corrected chi connectivity index (χ0v) is 15.1. The molecule has 21 heavy (non-hydrogen) atoms. The predicted octanol–water partition coefficient (Wildman–Crippen LogP) is 5.30. The topological polar surface area (TPSA) is 26.0 Å². The van der Waals surface area contributed by atoms with Crippen molar-refractivity contribution in [3.8, 4) is 0 Å². The fourth-order valence-corrected chi connectivity index (χ4v) is 5.09. The molecule has 0 bridgehead atoms. The molecule has 2 aliphatic rings. The van der Waals surface area contributed by atoms with E-state index in [4.69, 9.17) is 5.73 Å². The monoisotopic (exact) mass is 397 g/mol. The Hall–Kier alpha value is -0.0900. The van der Waals surface area contributed by atoms with Crippen molar-refractivity contribution in [2.75, 3.05) is 0 Å². The maximum atomic E-state index is 7.00. The third-order valence-electron chi connectivity index (χ3n) is 5.81. The Morgan fingerprint density at radius 2 is 1.62 bits per heavy atom. The van der Waals surface area contributed by atoms with Crippen molar-refractivity contribution in [3.05, 3.63) is 33.4 Å². The highest BCUT2D eigenvalue weighted by molar-refractivity contribution is 14.1. The molecule has 1 nitrogen and oxygen atoms in total. The van der Waals surface area contributed by atoms with E-state index in [0.717, 1.165) is 18.3 Å². The standard InChI is InChI=1S/C19H28IN/c20-17-11-9-15(10-12-17)14-19(21)13-5-4-8-18(19)16-6-2-1-3-7-16/h9-12,16,18H,1-8,13-14,21H2. The number of rotatable bonds is 3. The molecule has 1 aromatic carbocycles. The van der Waals surface area contributed by atoms with Crippen molar-refractivity contribution in [2.45, 2.75) is 69.7 Å². The highest BCUT2D eigenvalue weighted by atomic mass is 127. The van der Waals surface area contributed by atoms with Gasteiger partial charge in [-0.1, -0.05) is 57.1 Å². The number of hydrogen-bond acceptors (Lipinski definition) is 1. The van der Waals surface area contributed by atoms with Gasteiger partial charge in [0.1, 0.15) is 0 Å². The molecule has 2 atom stereocenters. The third-order valence-corrected chi connectivity index (χ3v) is 6.53. The van der Waals surface area contributed by atoms with Crippen LogP contribution in [0.4, 0.5) is 0 Å². The molecule has 2 saturated carbocycles. The smallest absolute Gasteiger partial charge is 0.0226 e.